The normalized spacial score (nSPS) is 15.6. The van der Waals surface area contributed by atoms with E-state index >= 15 is 0 Å². The highest BCUT2D eigenvalue weighted by Crippen LogP contribution is 2.28. The van der Waals surface area contributed by atoms with E-state index in [0.717, 1.165) is 24.8 Å². The van der Waals surface area contributed by atoms with Gasteiger partial charge in [0.1, 0.15) is 0 Å². The van der Waals surface area contributed by atoms with E-state index in [1.54, 1.807) is 0 Å². The third-order valence-corrected chi connectivity index (χ3v) is 3.97. The second kappa shape index (κ2) is 6.40. The lowest BCUT2D eigenvalue weighted by Gasteiger charge is -2.17. The van der Waals surface area contributed by atoms with Crippen molar-refractivity contribution in [2.24, 2.45) is 5.92 Å². The van der Waals surface area contributed by atoms with Crippen LogP contribution in [-0.2, 0) is 17.9 Å². The minimum absolute atomic E-state index is 0.0407. The lowest BCUT2D eigenvalue weighted by Crippen LogP contribution is -2.29. The van der Waals surface area contributed by atoms with Gasteiger partial charge in [0.25, 0.3) is 0 Å². The lowest BCUT2D eigenvalue weighted by molar-refractivity contribution is -0.135. The molecule has 1 aromatic rings. The zero-order valence-electron chi connectivity index (χ0n) is 12.7. The van der Waals surface area contributed by atoms with Crippen LogP contribution in [0.5, 0.6) is 0 Å². The van der Waals surface area contributed by atoms with Crippen LogP contribution in [0.4, 0.5) is 0 Å². The van der Waals surface area contributed by atoms with Gasteiger partial charge in [-0.15, -0.1) is 0 Å². The van der Waals surface area contributed by atoms with E-state index in [1.165, 1.54) is 11.1 Å². The van der Waals surface area contributed by atoms with Crippen LogP contribution in [0.3, 0.4) is 0 Å². The van der Waals surface area contributed by atoms with Crippen molar-refractivity contribution in [3.63, 3.8) is 0 Å². The summed E-state index contributed by atoms with van der Waals surface area (Å²) in [6.07, 6.45) is 2.56. The molecule has 1 aromatic carbocycles. The van der Waals surface area contributed by atoms with Crippen LogP contribution in [0.15, 0.2) is 18.2 Å². The van der Waals surface area contributed by atoms with Gasteiger partial charge in [0.2, 0.25) is 5.91 Å². The molecule has 1 atom stereocenters. The average Bonchev–Trinajstić information content (AvgIpc) is 2.86. The molecule has 20 heavy (non-hydrogen) atoms. The van der Waals surface area contributed by atoms with E-state index in [2.05, 4.69) is 19.1 Å². The van der Waals surface area contributed by atoms with Crippen LogP contribution in [0.2, 0.25) is 0 Å². The van der Waals surface area contributed by atoms with E-state index in [-0.39, 0.29) is 17.9 Å². The maximum atomic E-state index is 12.1. The minimum Gasteiger partial charge on any atom is -0.388 e. The highest BCUT2D eigenvalue weighted by atomic mass is 16.3. The van der Waals surface area contributed by atoms with Crippen molar-refractivity contribution in [3.8, 4) is 0 Å². The first-order valence-electron chi connectivity index (χ1n) is 7.61. The zero-order chi connectivity index (χ0) is 14.7. The molecule has 110 valence electrons. The molecule has 0 fully saturated rings. The van der Waals surface area contributed by atoms with Gasteiger partial charge in [-0.25, -0.2) is 0 Å². The first-order valence-corrected chi connectivity index (χ1v) is 7.61. The Bertz CT molecular complexity index is 482. The largest absolute Gasteiger partial charge is 0.388 e. The molecule has 1 unspecified atom stereocenters. The highest BCUT2D eigenvalue weighted by Gasteiger charge is 2.25. The minimum atomic E-state index is -0.380. The number of hydrogen-bond donors (Lipinski definition) is 1. The fraction of sp³-hybridized carbons (Fsp3) is 0.588. The molecule has 0 saturated carbocycles. The quantitative estimate of drug-likeness (QED) is 0.894. The Balaban J connectivity index is 2.08. The van der Waals surface area contributed by atoms with Crippen molar-refractivity contribution in [3.05, 3.63) is 34.9 Å². The van der Waals surface area contributed by atoms with Crippen molar-refractivity contribution in [2.75, 3.05) is 0 Å². The topological polar surface area (TPSA) is 40.5 Å². The Morgan fingerprint density at radius 3 is 2.65 bits per heavy atom. The molecule has 2 rings (SSSR count). The molecule has 1 amide bonds. The lowest BCUT2D eigenvalue weighted by atomic mass is 10.00. The molecule has 1 aliphatic heterocycles. The van der Waals surface area contributed by atoms with Gasteiger partial charge in [-0.1, -0.05) is 51.8 Å². The Kier molecular flexibility index (Phi) is 4.81. The second-order valence-electron chi connectivity index (χ2n) is 6.04. The molecular formula is C17H25NO2. The summed E-state index contributed by atoms with van der Waals surface area (Å²) in [5.74, 6) is 0.244. The number of hydrogen-bond acceptors (Lipinski definition) is 2. The van der Waals surface area contributed by atoms with Crippen molar-refractivity contribution in [1.82, 2.24) is 4.90 Å². The summed E-state index contributed by atoms with van der Waals surface area (Å²) in [4.78, 5) is 14.0. The summed E-state index contributed by atoms with van der Waals surface area (Å²) in [7, 11) is 0. The summed E-state index contributed by atoms with van der Waals surface area (Å²) < 4.78 is 0. The average molecular weight is 275 g/mol. The molecule has 3 heteroatoms. The molecule has 0 spiro atoms. The van der Waals surface area contributed by atoms with E-state index in [0.29, 0.717) is 13.1 Å². The maximum absolute atomic E-state index is 12.1. The van der Waals surface area contributed by atoms with Crippen molar-refractivity contribution in [1.29, 1.82) is 0 Å². The third-order valence-electron chi connectivity index (χ3n) is 3.97. The van der Waals surface area contributed by atoms with Gasteiger partial charge in [-0.3, -0.25) is 4.79 Å². The molecule has 3 nitrogen and oxygen atoms in total. The van der Waals surface area contributed by atoms with E-state index < -0.39 is 0 Å². The van der Waals surface area contributed by atoms with Crippen LogP contribution < -0.4 is 0 Å². The van der Waals surface area contributed by atoms with E-state index in [4.69, 9.17) is 0 Å². The predicted molar refractivity (Wildman–Crippen MR) is 80.0 cm³/mol. The molecular weight excluding hydrogens is 250 g/mol. The van der Waals surface area contributed by atoms with Gasteiger partial charge in [-0.05, 0) is 23.1 Å². The number of carbonyl (C=O) groups excluding carboxylic acids is 1. The van der Waals surface area contributed by atoms with Crippen molar-refractivity contribution in [2.45, 2.75) is 59.2 Å². The molecule has 0 aliphatic carbocycles. The van der Waals surface area contributed by atoms with E-state index in [1.807, 2.05) is 24.8 Å². The van der Waals surface area contributed by atoms with Gasteiger partial charge in [0, 0.05) is 19.0 Å². The first-order chi connectivity index (χ1) is 9.52. The summed E-state index contributed by atoms with van der Waals surface area (Å²) in [5.41, 5.74) is 3.38. The predicted octanol–water partition coefficient (Wildman–Crippen LogP) is 3.41. The second-order valence-corrected chi connectivity index (χ2v) is 6.04. The fourth-order valence-corrected chi connectivity index (χ4v) is 2.71. The van der Waals surface area contributed by atoms with Gasteiger partial charge in [0.05, 0.1) is 6.10 Å². The summed E-state index contributed by atoms with van der Waals surface area (Å²) >= 11 is 0. The zero-order valence-corrected chi connectivity index (χ0v) is 12.7. The molecule has 0 bridgehead atoms. The van der Waals surface area contributed by atoms with Crippen LogP contribution in [0.25, 0.3) is 0 Å². The van der Waals surface area contributed by atoms with E-state index in [9.17, 15) is 9.90 Å². The Morgan fingerprint density at radius 1 is 1.30 bits per heavy atom. The third kappa shape index (κ3) is 3.21. The molecule has 1 N–H and O–H groups in total. The number of nitrogens with zero attached hydrogens (tertiary/aromatic N) is 1. The smallest absolute Gasteiger partial charge is 0.225 e. The Labute approximate surface area is 121 Å². The number of aliphatic hydroxyl groups is 1. The maximum Gasteiger partial charge on any atom is 0.225 e. The highest BCUT2D eigenvalue weighted by molar-refractivity contribution is 5.78. The van der Waals surface area contributed by atoms with Crippen LogP contribution >= 0.6 is 0 Å². The molecule has 0 saturated heterocycles. The van der Waals surface area contributed by atoms with Gasteiger partial charge in [-0.2, -0.15) is 0 Å². The van der Waals surface area contributed by atoms with Crippen LogP contribution in [-0.4, -0.2) is 15.9 Å². The summed E-state index contributed by atoms with van der Waals surface area (Å²) in [6, 6.07) is 6.14. The molecule has 1 heterocycles. The number of fused-ring (bicyclic) bond motifs is 1. The SMILES string of the molecule is CCCCC(O)c1ccc2c(c1)CN(C(=O)C(C)C)C2. The van der Waals surface area contributed by atoms with Gasteiger partial charge < -0.3 is 10.0 Å². The molecule has 1 aliphatic rings. The number of unbranched alkanes of at least 4 members (excludes halogenated alkanes) is 1. The monoisotopic (exact) mass is 275 g/mol. The summed E-state index contributed by atoms with van der Waals surface area (Å²) in [6.45, 7) is 7.39. The number of rotatable bonds is 5. The number of carbonyl (C=O) groups is 1. The molecule has 0 aromatic heterocycles. The number of amides is 1. The standard InChI is InChI=1S/C17H25NO2/c1-4-5-6-16(19)13-7-8-14-10-18(11-15(14)9-13)17(20)12(2)3/h7-9,12,16,19H,4-6,10-11H2,1-3H3. The molecule has 0 radical (unpaired) electrons. The van der Waals surface area contributed by atoms with Crippen LogP contribution in [0.1, 0.15) is 62.8 Å². The fourth-order valence-electron chi connectivity index (χ4n) is 2.71. The first kappa shape index (κ1) is 15.0. The Hall–Kier alpha value is -1.35. The van der Waals surface area contributed by atoms with Crippen molar-refractivity contribution < 1.29 is 9.90 Å². The summed E-state index contributed by atoms with van der Waals surface area (Å²) in [5, 5.41) is 10.2. The van der Waals surface area contributed by atoms with Crippen molar-refractivity contribution >= 4 is 5.91 Å². The van der Waals surface area contributed by atoms with Gasteiger partial charge in [0.15, 0.2) is 0 Å². The van der Waals surface area contributed by atoms with Gasteiger partial charge >= 0.3 is 0 Å². The Morgan fingerprint density at radius 2 is 2.00 bits per heavy atom. The number of aliphatic hydroxyl groups excluding tert-OH is 1. The number of benzene rings is 1. The van der Waals surface area contributed by atoms with Crippen LogP contribution in [0, 0.1) is 5.92 Å².